The molecule has 1 aromatic carbocycles. The summed E-state index contributed by atoms with van der Waals surface area (Å²) in [6.07, 6.45) is 1.31. The van der Waals surface area contributed by atoms with Gasteiger partial charge in [-0.1, -0.05) is 42.4 Å². The SMILES string of the molecule is Cc1noc(C)c1S(=O)(=O)N1CCC(C(C)C(=O)NCc2ccccc2)CC1. The van der Waals surface area contributed by atoms with E-state index in [1.54, 1.807) is 13.8 Å². The largest absolute Gasteiger partial charge is 0.360 e. The summed E-state index contributed by atoms with van der Waals surface area (Å²) in [6, 6.07) is 9.78. The summed E-state index contributed by atoms with van der Waals surface area (Å²) in [5, 5.41) is 6.74. The third-order valence-corrected chi connectivity index (χ3v) is 7.64. The van der Waals surface area contributed by atoms with Crippen LogP contribution in [0.3, 0.4) is 0 Å². The Balaban J connectivity index is 1.56. The van der Waals surface area contributed by atoms with E-state index >= 15 is 0 Å². The Labute approximate surface area is 166 Å². The van der Waals surface area contributed by atoms with E-state index in [4.69, 9.17) is 4.52 Å². The molecule has 1 aliphatic heterocycles. The van der Waals surface area contributed by atoms with Crippen LogP contribution in [0.1, 0.15) is 36.8 Å². The number of hydrogen-bond donors (Lipinski definition) is 1. The predicted molar refractivity (Wildman–Crippen MR) is 105 cm³/mol. The van der Waals surface area contributed by atoms with Gasteiger partial charge in [0.05, 0.1) is 0 Å². The molecule has 1 unspecified atom stereocenters. The van der Waals surface area contributed by atoms with Gasteiger partial charge in [-0.25, -0.2) is 8.42 Å². The number of carbonyl (C=O) groups is 1. The van der Waals surface area contributed by atoms with Crippen LogP contribution >= 0.6 is 0 Å². The molecule has 1 saturated heterocycles. The lowest BCUT2D eigenvalue weighted by Gasteiger charge is -2.33. The number of amides is 1. The van der Waals surface area contributed by atoms with Gasteiger partial charge in [-0.2, -0.15) is 4.31 Å². The molecular weight excluding hydrogens is 378 g/mol. The first-order chi connectivity index (χ1) is 13.3. The van der Waals surface area contributed by atoms with Crippen LogP contribution < -0.4 is 5.32 Å². The molecule has 8 heteroatoms. The summed E-state index contributed by atoms with van der Waals surface area (Å²) in [5.74, 6) is 0.323. The standard InChI is InChI=1S/C20H27N3O4S/c1-14(20(24)21-13-17-7-5-4-6-8-17)18-9-11-23(12-10-18)28(25,26)19-15(2)22-27-16(19)3/h4-8,14,18H,9-13H2,1-3H3,(H,21,24). The van der Waals surface area contributed by atoms with Crippen molar-refractivity contribution >= 4 is 15.9 Å². The van der Waals surface area contributed by atoms with Gasteiger partial charge in [0.1, 0.15) is 10.6 Å². The summed E-state index contributed by atoms with van der Waals surface area (Å²) in [7, 11) is -3.62. The second-order valence-corrected chi connectivity index (χ2v) is 9.26. The van der Waals surface area contributed by atoms with Gasteiger partial charge in [0, 0.05) is 25.6 Å². The smallest absolute Gasteiger partial charge is 0.248 e. The molecule has 28 heavy (non-hydrogen) atoms. The van der Waals surface area contributed by atoms with Gasteiger partial charge in [0.2, 0.25) is 15.9 Å². The van der Waals surface area contributed by atoms with Crippen LogP contribution in [0.25, 0.3) is 0 Å². The Morgan fingerprint density at radius 2 is 1.89 bits per heavy atom. The van der Waals surface area contributed by atoms with E-state index in [2.05, 4.69) is 10.5 Å². The van der Waals surface area contributed by atoms with Gasteiger partial charge in [-0.05, 0) is 38.2 Å². The molecule has 1 aliphatic rings. The molecule has 1 fully saturated rings. The van der Waals surface area contributed by atoms with E-state index < -0.39 is 10.0 Å². The van der Waals surface area contributed by atoms with Crippen LogP contribution in [0.5, 0.6) is 0 Å². The number of carbonyl (C=O) groups excluding carboxylic acids is 1. The van der Waals surface area contributed by atoms with E-state index in [1.165, 1.54) is 4.31 Å². The minimum absolute atomic E-state index is 0.0101. The number of rotatable bonds is 6. The topological polar surface area (TPSA) is 92.5 Å². The lowest BCUT2D eigenvalue weighted by Crippen LogP contribution is -2.42. The fourth-order valence-electron chi connectivity index (χ4n) is 3.75. The lowest BCUT2D eigenvalue weighted by molar-refractivity contribution is -0.126. The molecule has 2 heterocycles. The molecule has 2 aromatic rings. The lowest BCUT2D eigenvalue weighted by atomic mass is 9.85. The summed E-state index contributed by atoms with van der Waals surface area (Å²) >= 11 is 0. The molecule has 0 radical (unpaired) electrons. The highest BCUT2D eigenvalue weighted by Crippen LogP contribution is 2.30. The molecule has 0 spiro atoms. The number of nitrogens with one attached hydrogen (secondary N) is 1. The van der Waals surface area contributed by atoms with Crippen molar-refractivity contribution in [3.05, 3.63) is 47.3 Å². The van der Waals surface area contributed by atoms with Crippen molar-refractivity contribution in [1.29, 1.82) is 0 Å². The van der Waals surface area contributed by atoms with Crippen molar-refractivity contribution in [2.24, 2.45) is 11.8 Å². The number of piperidine rings is 1. The third kappa shape index (κ3) is 4.28. The minimum atomic E-state index is -3.62. The quantitative estimate of drug-likeness (QED) is 0.798. The van der Waals surface area contributed by atoms with E-state index in [0.717, 1.165) is 5.56 Å². The van der Waals surface area contributed by atoms with E-state index in [-0.39, 0.29) is 22.6 Å². The van der Waals surface area contributed by atoms with Crippen LogP contribution in [-0.4, -0.2) is 36.9 Å². The maximum atomic E-state index is 12.9. The number of benzene rings is 1. The average molecular weight is 406 g/mol. The number of aromatic nitrogens is 1. The van der Waals surface area contributed by atoms with E-state index in [0.29, 0.717) is 43.9 Å². The van der Waals surface area contributed by atoms with E-state index in [9.17, 15) is 13.2 Å². The van der Waals surface area contributed by atoms with Crippen molar-refractivity contribution < 1.29 is 17.7 Å². The number of hydrogen-bond acceptors (Lipinski definition) is 5. The maximum Gasteiger partial charge on any atom is 0.248 e. The summed E-state index contributed by atoms with van der Waals surface area (Å²) in [6.45, 7) is 6.46. The molecule has 0 aliphatic carbocycles. The number of sulfonamides is 1. The zero-order valence-electron chi connectivity index (χ0n) is 16.5. The monoisotopic (exact) mass is 405 g/mol. The Hall–Kier alpha value is -2.19. The Kier molecular flexibility index (Phi) is 6.20. The molecule has 152 valence electrons. The van der Waals surface area contributed by atoms with Crippen LogP contribution in [0, 0.1) is 25.7 Å². The third-order valence-electron chi connectivity index (χ3n) is 5.49. The van der Waals surface area contributed by atoms with Gasteiger partial charge in [-0.3, -0.25) is 4.79 Å². The van der Waals surface area contributed by atoms with Gasteiger partial charge in [0.25, 0.3) is 0 Å². The van der Waals surface area contributed by atoms with Gasteiger partial charge < -0.3 is 9.84 Å². The number of nitrogens with zero attached hydrogens (tertiary/aromatic N) is 2. The number of aryl methyl sites for hydroxylation is 2. The first kappa shape index (κ1) is 20.5. The Morgan fingerprint density at radius 1 is 1.25 bits per heavy atom. The Morgan fingerprint density at radius 3 is 2.46 bits per heavy atom. The fraction of sp³-hybridized carbons (Fsp3) is 0.500. The summed E-state index contributed by atoms with van der Waals surface area (Å²) in [4.78, 5) is 12.7. The van der Waals surface area contributed by atoms with Crippen molar-refractivity contribution in [3.63, 3.8) is 0 Å². The zero-order valence-corrected chi connectivity index (χ0v) is 17.3. The molecule has 7 nitrogen and oxygen atoms in total. The van der Waals surface area contributed by atoms with Crippen LogP contribution in [0.15, 0.2) is 39.8 Å². The highest BCUT2D eigenvalue weighted by atomic mass is 32.2. The van der Waals surface area contributed by atoms with E-state index in [1.807, 2.05) is 37.3 Å². The molecule has 1 N–H and O–H groups in total. The van der Waals surface area contributed by atoms with Crippen molar-refractivity contribution in [2.45, 2.75) is 45.1 Å². The van der Waals surface area contributed by atoms with Crippen LogP contribution in [0.2, 0.25) is 0 Å². The second kappa shape index (κ2) is 8.45. The minimum Gasteiger partial charge on any atom is -0.360 e. The highest BCUT2D eigenvalue weighted by Gasteiger charge is 2.36. The molecule has 0 saturated carbocycles. The fourth-order valence-corrected chi connectivity index (χ4v) is 5.51. The molecule has 1 atom stereocenters. The summed E-state index contributed by atoms with van der Waals surface area (Å²) in [5.41, 5.74) is 1.44. The van der Waals surface area contributed by atoms with Crippen molar-refractivity contribution in [1.82, 2.24) is 14.8 Å². The zero-order chi connectivity index (χ0) is 20.3. The van der Waals surface area contributed by atoms with Crippen LogP contribution in [-0.2, 0) is 21.4 Å². The van der Waals surface area contributed by atoms with Gasteiger partial charge in [0.15, 0.2) is 5.76 Å². The molecular formula is C20H27N3O4S. The van der Waals surface area contributed by atoms with Gasteiger partial charge in [-0.15, -0.1) is 0 Å². The Bertz CT molecular complexity index is 897. The molecule has 3 rings (SSSR count). The van der Waals surface area contributed by atoms with Gasteiger partial charge >= 0.3 is 0 Å². The summed E-state index contributed by atoms with van der Waals surface area (Å²) < 4.78 is 32.3. The molecule has 0 bridgehead atoms. The van der Waals surface area contributed by atoms with Crippen molar-refractivity contribution in [3.8, 4) is 0 Å². The molecule has 1 aromatic heterocycles. The normalized spacial score (nSPS) is 17.4. The second-order valence-electron chi connectivity index (χ2n) is 7.39. The first-order valence-electron chi connectivity index (χ1n) is 9.55. The maximum absolute atomic E-state index is 12.9. The predicted octanol–water partition coefficient (Wildman–Crippen LogP) is 2.64. The average Bonchev–Trinajstić information content (AvgIpc) is 3.05. The van der Waals surface area contributed by atoms with Crippen LogP contribution in [0.4, 0.5) is 0 Å². The first-order valence-corrected chi connectivity index (χ1v) is 11.0. The van der Waals surface area contributed by atoms with Crippen molar-refractivity contribution in [2.75, 3.05) is 13.1 Å². The highest BCUT2D eigenvalue weighted by molar-refractivity contribution is 7.89. The molecule has 1 amide bonds.